The molecule has 4 heteroatoms. The monoisotopic (exact) mass is 249 g/mol. The maximum absolute atomic E-state index is 11.4. The predicted molar refractivity (Wildman–Crippen MR) is 68.1 cm³/mol. The smallest absolute Gasteiger partial charge is 0.310 e. The van der Waals surface area contributed by atoms with Crippen LogP contribution in [0.25, 0.3) is 0 Å². The average molecular weight is 249 g/mol. The zero-order chi connectivity index (χ0) is 12.8. The van der Waals surface area contributed by atoms with E-state index >= 15 is 0 Å². The maximum Gasteiger partial charge on any atom is 0.310 e. The molecule has 0 aliphatic heterocycles. The number of benzene rings is 1. The first-order valence-electron chi connectivity index (χ1n) is 5.52. The van der Waals surface area contributed by atoms with Gasteiger partial charge in [0.15, 0.2) is 0 Å². The van der Waals surface area contributed by atoms with E-state index in [0.717, 1.165) is 22.4 Å². The lowest BCUT2D eigenvalue weighted by atomic mass is 10.0. The van der Waals surface area contributed by atoms with Crippen LogP contribution in [-0.4, -0.2) is 12.6 Å². The molecule has 0 aliphatic rings. The van der Waals surface area contributed by atoms with Crippen molar-refractivity contribution in [3.8, 4) is 6.07 Å². The number of nitrogens with zero attached hydrogens (tertiary/aromatic N) is 1. The van der Waals surface area contributed by atoms with Crippen LogP contribution in [0.5, 0.6) is 0 Å². The molecule has 0 aliphatic carbocycles. The van der Waals surface area contributed by atoms with Crippen LogP contribution in [-0.2, 0) is 22.4 Å². The van der Waals surface area contributed by atoms with Crippen LogP contribution in [0.2, 0.25) is 0 Å². The van der Waals surface area contributed by atoms with E-state index in [2.05, 4.69) is 18.7 Å². The molecule has 0 saturated carbocycles. The Morgan fingerprint density at radius 3 is 2.65 bits per heavy atom. The molecule has 17 heavy (non-hydrogen) atoms. The fraction of sp³-hybridized carbons (Fsp3) is 0.385. The van der Waals surface area contributed by atoms with Gasteiger partial charge in [-0.05, 0) is 36.6 Å². The van der Waals surface area contributed by atoms with Crippen LogP contribution in [0.3, 0.4) is 0 Å². The number of carbonyl (C=O) groups is 1. The highest BCUT2D eigenvalue weighted by Gasteiger charge is 2.11. The molecular formula is C13H15NO2S. The average Bonchev–Trinajstić information content (AvgIpc) is 2.31. The first kappa shape index (κ1) is 13.6. The molecule has 0 amide bonds. The van der Waals surface area contributed by atoms with Gasteiger partial charge in [0.1, 0.15) is 0 Å². The van der Waals surface area contributed by atoms with Gasteiger partial charge in [0.05, 0.1) is 24.7 Å². The van der Waals surface area contributed by atoms with Crippen molar-refractivity contribution in [2.24, 2.45) is 0 Å². The summed E-state index contributed by atoms with van der Waals surface area (Å²) in [6.07, 6.45) is 0.932. The molecule has 0 radical (unpaired) electrons. The SMILES string of the molecule is CCOC(=O)Cc1cc(C#N)c(CC)cc1S. The number of thiol groups is 1. The summed E-state index contributed by atoms with van der Waals surface area (Å²) >= 11 is 4.33. The number of ether oxygens (including phenoxy) is 1. The molecule has 1 aromatic carbocycles. The van der Waals surface area contributed by atoms with Crippen LogP contribution in [0.4, 0.5) is 0 Å². The zero-order valence-corrected chi connectivity index (χ0v) is 10.9. The van der Waals surface area contributed by atoms with Gasteiger partial charge in [-0.2, -0.15) is 5.26 Å². The van der Waals surface area contributed by atoms with Crippen molar-refractivity contribution in [3.05, 3.63) is 28.8 Å². The highest BCUT2D eigenvalue weighted by molar-refractivity contribution is 7.80. The van der Waals surface area contributed by atoms with Crippen molar-refractivity contribution in [1.29, 1.82) is 5.26 Å². The second-order valence-corrected chi connectivity index (χ2v) is 4.07. The largest absolute Gasteiger partial charge is 0.466 e. The topological polar surface area (TPSA) is 50.1 Å². The molecule has 3 nitrogen and oxygen atoms in total. The van der Waals surface area contributed by atoms with Crippen LogP contribution in [0.15, 0.2) is 17.0 Å². The summed E-state index contributed by atoms with van der Waals surface area (Å²) < 4.78 is 4.88. The van der Waals surface area contributed by atoms with Crippen LogP contribution in [0, 0.1) is 11.3 Å². The van der Waals surface area contributed by atoms with Crippen molar-refractivity contribution >= 4 is 18.6 Å². The molecule has 0 atom stereocenters. The lowest BCUT2D eigenvalue weighted by Gasteiger charge is -2.08. The van der Waals surface area contributed by atoms with Gasteiger partial charge in [-0.3, -0.25) is 4.79 Å². The predicted octanol–water partition coefficient (Wildman–Crippen LogP) is 2.51. The van der Waals surface area contributed by atoms with Gasteiger partial charge >= 0.3 is 5.97 Å². The number of rotatable bonds is 4. The van der Waals surface area contributed by atoms with E-state index in [4.69, 9.17) is 10.00 Å². The Hall–Kier alpha value is -1.47. The molecule has 1 rings (SSSR count). The van der Waals surface area contributed by atoms with Crippen LogP contribution in [0.1, 0.15) is 30.5 Å². The Balaban J connectivity index is 3.01. The van der Waals surface area contributed by atoms with Crippen molar-refractivity contribution in [2.45, 2.75) is 31.6 Å². The first-order chi connectivity index (χ1) is 8.12. The molecule has 0 saturated heterocycles. The fourth-order valence-electron chi connectivity index (χ4n) is 1.58. The first-order valence-corrected chi connectivity index (χ1v) is 5.97. The van der Waals surface area contributed by atoms with Crippen molar-refractivity contribution in [1.82, 2.24) is 0 Å². The van der Waals surface area contributed by atoms with Gasteiger partial charge in [-0.1, -0.05) is 6.92 Å². The molecule has 0 bridgehead atoms. The van der Waals surface area contributed by atoms with Crippen LogP contribution < -0.4 is 0 Å². The number of carbonyl (C=O) groups excluding carboxylic acids is 1. The number of hydrogen-bond donors (Lipinski definition) is 1. The Bertz CT molecular complexity index is 463. The number of hydrogen-bond acceptors (Lipinski definition) is 4. The highest BCUT2D eigenvalue weighted by Crippen LogP contribution is 2.21. The quantitative estimate of drug-likeness (QED) is 0.659. The molecule has 0 aromatic heterocycles. The molecule has 90 valence electrons. The molecule has 0 fully saturated rings. The molecular weight excluding hydrogens is 234 g/mol. The van der Waals surface area contributed by atoms with Gasteiger partial charge in [0, 0.05) is 4.90 Å². The Labute approximate surface area is 107 Å². The van der Waals surface area contributed by atoms with E-state index in [-0.39, 0.29) is 12.4 Å². The van der Waals surface area contributed by atoms with E-state index in [1.54, 1.807) is 13.0 Å². The maximum atomic E-state index is 11.4. The number of aryl methyl sites for hydroxylation is 1. The highest BCUT2D eigenvalue weighted by atomic mass is 32.1. The normalized spacial score (nSPS) is 9.76. The lowest BCUT2D eigenvalue weighted by Crippen LogP contribution is -2.08. The summed E-state index contributed by atoms with van der Waals surface area (Å²) in [6, 6.07) is 5.70. The summed E-state index contributed by atoms with van der Waals surface area (Å²) in [7, 11) is 0. The standard InChI is InChI=1S/C13H15NO2S/c1-3-9-6-12(17)10(5-11(9)8-14)7-13(15)16-4-2/h5-6,17H,3-4,7H2,1-2H3. The minimum absolute atomic E-state index is 0.158. The Morgan fingerprint density at radius 2 is 2.12 bits per heavy atom. The van der Waals surface area contributed by atoms with Crippen LogP contribution >= 0.6 is 12.6 Å². The van der Waals surface area contributed by atoms with E-state index < -0.39 is 0 Å². The molecule has 0 heterocycles. The summed E-state index contributed by atoms with van der Waals surface area (Å²) in [5.74, 6) is -0.295. The van der Waals surface area contributed by atoms with Crippen molar-refractivity contribution < 1.29 is 9.53 Å². The Kier molecular flexibility index (Phi) is 5.05. The number of esters is 1. The summed E-state index contributed by atoms with van der Waals surface area (Å²) in [6.45, 7) is 4.10. The van der Waals surface area contributed by atoms with Gasteiger partial charge in [-0.25, -0.2) is 0 Å². The minimum atomic E-state index is -0.295. The van der Waals surface area contributed by atoms with E-state index in [0.29, 0.717) is 12.2 Å². The molecule has 1 aromatic rings. The minimum Gasteiger partial charge on any atom is -0.466 e. The summed E-state index contributed by atoms with van der Waals surface area (Å²) in [5.41, 5.74) is 2.29. The van der Waals surface area contributed by atoms with Gasteiger partial charge in [0.2, 0.25) is 0 Å². The zero-order valence-electron chi connectivity index (χ0n) is 9.99. The second kappa shape index (κ2) is 6.31. The molecule has 0 N–H and O–H groups in total. The summed E-state index contributed by atoms with van der Waals surface area (Å²) in [4.78, 5) is 12.1. The molecule has 0 spiro atoms. The lowest BCUT2D eigenvalue weighted by molar-refractivity contribution is -0.142. The fourth-order valence-corrected chi connectivity index (χ4v) is 1.88. The Morgan fingerprint density at radius 1 is 1.41 bits per heavy atom. The third-order valence-corrected chi connectivity index (χ3v) is 2.86. The van der Waals surface area contributed by atoms with E-state index in [9.17, 15) is 4.79 Å². The van der Waals surface area contributed by atoms with Crippen molar-refractivity contribution in [3.63, 3.8) is 0 Å². The number of nitriles is 1. The van der Waals surface area contributed by atoms with Crippen molar-refractivity contribution in [2.75, 3.05) is 6.61 Å². The summed E-state index contributed by atoms with van der Waals surface area (Å²) in [5, 5.41) is 9.01. The van der Waals surface area contributed by atoms with Gasteiger partial charge in [-0.15, -0.1) is 12.6 Å². The third-order valence-electron chi connectivity index (χ3n) is 2.45. The van der Waals surface area contributed by atoms with E-state index in [1.807, 2.05) is 13.0 Å². The molecule has 0 unspecified atom stereocenters. The van der Waals surface area contributed by atoms with Gasteiger partial charge < -0.3 is 4.74 Å². The second-order valence-electron chi connectivity index (χ2n) is 3.59. The van der Waals surface area contributed by atoms with E-state index in [1.165, 1.54) is 0 Å². The van der Waals surface area contributed by atoms with Gasteiger partial charge in [0.25, 0.3) is 0 Å². The third kappa shape index (κ3) is 3.50.